The van der Waals surface area contributed by atoms with Crippen LogP contribution in [0.2, 0.25) is 0 Å². The van der Waals surface area contributed by atoms with Gasteiger partial charge in [-0.15, -0.1) is 0 Å². The molecule has 4 rings (SSSR count). The van der Waals surface area contributed by atoms with Crippen LogP contribution in [0.4, 0.5) is 22.7 Å². The maximum Gasteiger partial charge on any atom is 0.336 e. The van der Waals surface area contributed by atoms with E-state index in [0.29, 0.717) is 0 Å². The highest BCUT2D eigenvalue weighted by atomic mass is 16.5. The molecule has 0 spiro atoms. The van der Waals surface area contributed by atoms with E-state index in [0.717, 1.165) is 36.4 Å². The molecular weight excluding hydrogens is 592 g/mol. The summed E-state index contributed by atoms with van der Waals surface area (Å²) in [6.45, 7) is 0. The predicted octanol–water partition coefficient (Wildman–Crippen LogP) is 3.94. The highest BCUT2D eigenvalue weighted by Crippen LogP contribution is 2.32. The van der Waals surface area contributed by atoms with Crippen LogP contribution in [0.25, 0.3) is 0 Å². The Hall–Kier alpha value is -6.90. The van der Waals surface area contributed by atoms with Crippen LogP contribution >= 0.6 is 0 Å². The lowest BCUT2D eigenvalue weighted by Gasteiger charge is -2.14. The molecule has 15 heteroatoms. The molecule has 15 nitrogen and oxygen atoms in total. The van der Waals surface area contributed by atoms with Crippen LogP contribution in [0.1, 0.15) is 62.1 Å². The lowest BCUT2D eigenvalue weighted by atomic mass is 10.0. The number of rotatable bonds is 10. The van der Waals surface area contributed by atoms with Crippen molar-refractivity contribution < 1.29 is 53.9 Å². The summed E-state index contributed by atoms with van der Waals surface area (Å²) in [5.74, 6) is -7.01. The average molecular weight is 615 g/mol. The van der Waals surface area contributed by atoms with E-state index in [4.69, 9.17) is 16.2 Å². The summed E-state index contributed by atoms with van der Waals surface area (Å²) in [5.41, 5.74) is 10.1. The molecule has 0 aliphatic carbocycles. The van der Waals surface area contributed by atoms with Crippen LogP contribution in [0.5, 0.6) is 11.5 Å². The Bertz CT molecular complexity index is 1780. The van der Waals surface area contributed by atoms with E-state index in [1.54, 1.807) is 0 Å². The van der Waals surface area contributed by atoms with E-state index in [2.05, 4.69) is 10.6 Å². The monoisotopic (exact) mass is 614 g/mol. The third-order valence-corrected chi connectivity index (χ3v) is 6.26. The Morgan fingerprint density at radius 3 is 1.18 bits per heavy atom. The zero-order chi connectivity index (χ0) is 33.0. The van der Waals surface area contributed by atoms with Crippen molar-refractivity contribution in [3.63, 3.8) is 0 Å². The molecule has 4 aromatic carbocycles. The maximum atomic E-state index is 12.8. The van der Waals surface area contributed by atoms with Crippen molar-refractivity contribution in [3.8, 4) is 11.5 Å². The summed E-state index contributed by atoms with van der Waals surface area (Å²) in [6, 6.07) is 14.3. The minimum Gasteiger partial charge on any atom is -0.478 e. The third-order valence-electron chi connectivity index (χ3n) is 6.26. The number of hydrogen-bond donors (Lipinski definition) is 8. The molecule has 228 valence electrons. The number of carboxylic acid groups (broad SMARTS) is 4. The first kappa shape index (κ1) is 31.0. The average Bonchev–Trinajstić information content (AvgIpc) is 2.98. The Kier molecular flexibility index (Phi) is 8.65. The number of carboxylic acids is 4. The highest BCUT2D eigenvalue weighted by Gasteiger charge is 2.21. The van der Waals surface area contributed by atoms with Crippen LogP contribution in [-0.4, -0.2) is 56.1 Å². The topological polar surface area (TPSA) is 269 Å². The number of amides is 2. The van der Waals surface area contributed by atoms with Gasteiger partial charge < -0.3 is 47.3 Å². The molecule has 0 unspecified atom stereocenters. The van der Waals surface area contributed by atoms with Crippen LogP contribution in [0.15, 0.2) is 72.8 Å². The van der Waals surface area contributed by atoms with Crippen molar-refractivity contribution in [3.05, 3.63) is 106 Å². The van der Waals surface area contributed by atoms with Crippen molar-refractivity contribution in [1.29, 1.82) is 0 Å². The van der Waals surface area contributed by atoms with E-state index >= 15 is 0 Å². The van der Waals surface area contributed by atoms with E-state index in [1.165, 1.54) is 36.4 Å². The number of benzene rings is 4. The van der Waals surface area contributed by atoms with Gasteiger partial charge in [-0.05, 0) is 60.7 Å². The van der Waals surface area contributed by atoms with Gasteiger partial charge in [0.2, 0.25) is 0 Å². The molecule has 45 heavy (non-hydrogen) atoms. The summed E-state index contributed by atoms with van der Waals surface area (Å²) in [4.78, 5) is 71.3. The smallest absolute Gasteiger partial charge is 0.336 e. The molecule has 0 fully saturated rings. The van der Waals surface area contributed by atoms with Crippen molar-refractivity contribution in [2.24, 2.45) is 0 Å². The SMILES string of the molecule is Nc1cc(Oc2ccc(NC(=O)c3cc(C(=O)O)ccc3C(=O)O)c(N)c2)ccc1NC(=O)c1cc(C(=O)O)ccc1C(=O)O. The van der Waals surface area contributed by atoms with Crippen LogP contribution in [0, 0.1) is 0 Å². The number of anilines is 4. The van der Waals surface area contributed by atoms with Crippen molar-refractivity contribution >= 4 is 58.4 Å². The molecule has 0 heterocycles. The Morgan fingerprint density at radius 1 is 0.489 bits per heavy atom. The van der Waals surface area contributed by atoms with Gasteiger partial charge in [0, 0.05) is 12.1 Å². The van der Waals surface area contributed by atoms with Gasteiger partial charge in [-0.3, -0.25) is 9.59 Å². The molecule has 0 saturated carbocycles. The molecule has 0 aromatic heterocycles. The molecule has 0 atom stereocenters. The quantitative estimate of drug-likeness (QED) is 0.118. The zero-order valence-electron chi connectivity index (χ0n) is 22.7. The van der Waals surface area contributed by atoms with Gasteiger partial charge in [0.1, 0.15) is 11.5 Å². The van der Waals surface area contributed by atoms with Crippen LogP contribution < -0.4 is 26.8 Å². The number of nitrogens with one attached hydrogen (secondary N) is 2. The molecule has 0 bridgehead atoms. The Morgan fingerprint density at radius 2 is 0.867 bits per heavy atom. The van der Waals surface area contributed by atoms with Gasteiger partial charge in [0.25, 0.3) is 11.8 Å². The van der Waals surface area contributed by atoms with Gasteiger partial charge in [-0.1, -0.05) is 0 Å². The Labute approximate surface area is 252 Å². The van der Waals surface area contributed by atoms with Gasteiger partial charge in [-0.2, -0.15) is 0 Å². The number of hydrogen-bond acceptors (Lipinski definition) is 9. The first-order valence-corrected chi connectivity index (χ1v) is 12.6. The molecular formula is C30H22N4O11. The number of aromatic carboxylic acids is 4. The van der Waals surface area contributed by atoms with Crippen molar-refractivity contribution in [2.75, 3.05) is 22.1 Å². The summed E-state index contributed by atoms with van der Waals surface area (Å²) >= 11 is 0. The number of carbonyl (C=O) groups excluding carboxylic acids is 2. The summed E-state index contributed by atoms with van der Waals surface area (Å²) in [5, 5.41) is 42.1. The van der Waals surface area contributed by atoms with E-state index in [9.17, 15) is 49.2 Å². The molecule has 0 aliphatic heterocycles. The second-order valence-corrected chi connectivity index (χ2v) is 9.25. The minimum atomic E-state index is -1.43. The van der Waals surface area contributed by atoms with Crippen LogP contribution in [-0.2, 0) is 0 Å². The van der Waals surface area contributed by atoms with Gasteiger partial charge in [0.05, 0.1) is 56.1 Å². The maximum absolute atomic E-state index is 12.8. The zero-order valence-corrected chi connectivity index (χ0v) is 22.7. The largest absolute Gasteiger partial charge is 0.478 e. The number of ether oxygens (including phenoxy) is 1. The molecule has 4 aromatic rings. The van der Waals surface area contributed by atoms with E-state index in [-0.39, 0.29) is 45.4 Å². The Balaban J connectivity index is 1.49. The van der Waals surface area contributed by atoms with E-state index in [1.807, 2.05) is 0 Å². The summed E-state index contributed by atoms with van der Waals surface area (Å²) in [7, 11) is 0. The fourth-order valence-electron chi connectivity index (χ4n) is 4.05. The van der Waals surface area contributed by atoms with Gasteiger partial charge >= 0.3 is 23.9 Å². The van der Waals surface area contributed by atoms with Crippen molar-refractivity contribution in [1.82, 2.24) is 0 Å². The van der Waals surface area contributed by atoms with Gasteiger partial charge in [0.15, 0.2) is 0 Å². The second-order valence-electron chi connectivity index (χ2n) is 9.25. The van der Waals surface area contributed by atoms with Gasteiger partial charge in [-0.25, -0.2) is 19.2 Å². The molecule has 10 N–H and O–H groups in total. The number of nitrogen functional groups attached to an aromatic ring is 2. The lowest BCUT2D eigenvalue weighted by molar-refractivity contribution is 0.0679. The standard InChI is InChI=1S/C30H22N4O11/c31-21-11-15(3-7-23(21)33-25(35)19-9-13(27(37)38)1-5-17(19)29(41)42)45-16-4-8-24(22(32)12-16)34-26(36)20-10-14(28(39)40)2-6-18(20)30(43)44/h1-12H,31-32H2,(H,33,35)(H,34,36)(H,37,38)(H,39,40)(H,41,42)(H,43,44). The lowest BCUT2D eigenvalue weighted by Crippen LogP contribution is -2.18. The summed E-state index contributed by atoms with van der Waals surface area (Å²) in [6.07, 6.45) is 0. The number of carbonyl (C=O) groups is 6. The van der Waals surface area contributed by atoms with E-state index < -0.39 is 57.9 Å². The molecule has 0 aliphatic rings. The first-order valence-electron chi connectivity index (χ1n) is 12.6. The fraction of sp³-hybridized carbons (Fsp3) is 0. The molecule has 0 radical (unpaired) electrons. The fourth-order valence-corrected chi connectivity index (χ4v) is 4.05. The number of nitrogens with two attached hydrogens (primary N) is 2. The first-order chi connectivity index (χ1) is 21.2. The summed E-state index contributed by atoms with van der Waals surface area (Å²) < 4.78 is 5.74. The van der Waals surface area contributed by atoms with Crippen molar-refractivity contribution in [2.45, 2.75) is 0 Å². The van der Waals surface area contributed by atoms with Crippen LogP contribution in [0.3, 0.4) is 0 Å². The highest BCUT2D eigenvalue weighted by molar-refractivity contribution is 6.13. The second kappa shape index (κ2) is 12.5. The third kappa shape index (κ3) is 6.95. The predicted molar refractivity (Wildman–Crippen MR) is 158 cm³/mol. The molecule has 0 saturated heterocycles. The normalized spacial score (nSPS) is 10.4. The molecule has 2 amide bonds. The minimum absolute atomic E-state index is 0.0156.